The van der Waals surface area contributed by atoms with Crippen LogP contribution < -0.4 is 5.32 Å². The van der Waals surface area contributed by atoms with Crippen LogP contribution in [0.2, 0.25) is 0 Å². The fourth-order valence-electron chi connectivity index (χ4n) is 1.77. The number of rotatable bonds is 5. The predicted octanol–water partition coefficient (Wildman–Crippen LogP) is 3.72. The van der Waals surface area contributed by atoms with E-state index in [9.17, 15) is 0 Å². The molecule has 0 aliphatic heterocycles. The molecule has 0 bridgehead atoms. The average Bonchev–Trinajstić information content (AvgIpc) is 2.26. The molecule has 0 radical (unpaired) electrons. The Morgan fingerprint density at radius 2 is 1.80 bits per heavy atom. The molecule has 0 aliphatic carbocycles. The highest BCUT2D eigenvalue weighted by Gasteiger charge is 2.13. The summed E-state index contributed by atoms with van der Waals surface area (Å²) in [6, 6.07) is 9.35. The molecule has 1 nitrogen and oxygen atoms in total. The maximum Gasteiger partial charge on any atom is 0.0343 e. The molecule has 2 heteroatoms. The van der Waals surface area contributed by atoms with Crippen molar-refractivity contribution in [2.24, 2.45) is 5.92 Å². The molecule has 1 rings (SSSR count). The molecule has 0 saturated carbocycles. The molecule has 1 unspecified atom stereocenters. The van der Waals surface area contributed by atoms with Crippen LogP contribution in [0.25, 0.3) is 0 Å². The number of hydrogen-bond donors (Lipinski definition) is 1. The largest absolute Gasteiger partial charge is 0.310 e. The molecule has 0 heterocycles. The molecule has 0 aliphatic rings. The van der Waals surface area contributed by atoms with Gasteiger partial charge in [-0.3, -0.25) is 0 Å². The second kappa shape index (κ2) is 6.19. The lowest BCUT2D eigenvalue weighted by molar-refractivity contribution is 0.421. The van der Waals surface area contributed by atoms with Gasteiger partial charge >= 0.3 is 0 Å². The maximum absolute atomic E-state index is 3.53. The lowest BCUT2D eigenvalue weighted by Gasteiger charge is -2.22. The minimum atomic E-state index is 0.478. The fourth-order valence-corrected chi connectivity index (χ4v) is 2.18. The number of benzene rings is 1. The standard InChI is InChI=1S/C13H21NS/c1-5-14-13(10(2)3)11-6-8-12(15-4)9-7-11/h6-10,13-14H,5H2,1-4H3. The Labute approximate surface area is 97.7 Å². The van der Waals surface area contributed by atoms with E-state index in [-0.39, 0.29) is 0 Å². The van der Waals surface area contributed by atoms with E-state index in [1.807, 2.05) is 0 Å². The Morgan fingerprint density at radius 1 is 1.20 bits per heavy atom. The molecule has 0 fully saturated rings. The van der Waals surface area contributed by atoms with Gasteiger partial charge in [-0.1, -0.05) is 32.9 Å². The summed E-state index contributed by atoms with van der Waals surface area (Å²) in [7, 11) is 0. The molecule has 1 atom stereocenters. The van der Waals surface area contributed by atoms with Crippen LogP contribution in [0.5, 0.6) is 0 Å². The third-order valence-electron chi connectivity index (χ3n) is 2.57. The minimum Gasteiger partial charge on any atom is -0.310 e. The van der Waals surface area contributed by atoms with E-state index in [1.54, 1.807) is 11.8 Å². The lowest BCUT2D eigenvalue weighted by atomic mass is 9.96. The van der Waals surface area contributed by atoms with Crippen LogP contribution >= 0.6 is 11.8 Å². The van der Waals surface area contributed by atoms with Gasteiger partial charge in [0.2, 0.25) is 0 Å². The molecule has 1 N–H and O–H groups in total. The average molecular weight is 223 g/mol. The van der Waals surface area contributed by atoms with E-state index in [0.29, 0.717) is 12.0 Å². The van der Waals surface area contributed by atoms with Gasteiger partial charge in [-0.25, -0.2) is 0 Å². The number of hydrogen-bond acceptors (Lipinski definition) is 2. The zero-order valence-corrected chi connectivity index (χ0v) is 10.9. The Morgan fingerprint density at radius 3 is 2.20 bits per heavy atom. The third-order valence-corrected chi connectivity index (χ3v) is 3.31. The first-order valence-electron chi connectivity index (χ1n) is 5.56. The molecule has 1 aromatic carbocycles. The molecule has 15 heavy (non-hydrogen) atoms. The van der Waals surface area contributed by atoms with Crippen molar-refractivity contribution in [1.82, 2.24) is 5.32 Å². The Kier molecular flexibility index (Phi) is 5.20. The fraction of sp³-hybridized carbons (Fsp3) is 0.538. The van der Waals surface area contributed by atoms with Crippen molar-refractivity contribution in [3.63, 3.8) is 0 Å². The maximum atomic E-state index is 3.53. The van der Waals surface area contributed by atoms with E-state index in [4.69, 9.17) is 0 Å². The molecular formula is C13H21NS. The van der Waals surface area contributed by atoms with Gasteiger partial charge in [0, 0.05) is 10.9 Å². The van der Waals surface area contributed by atoms with E-state index >= 15 is 0 Å². The molecule has 1 aromatic rings. The Balaban J connectivity index is 2.81. The van der Waals surface area contributed by atoms with Crippen molar-refractivity contribution < 1.29 is 0 Å². The Bertz CT molecular complexity index is 279. The second-order valence-electron chi connectivity index (χ2n) is 4.05. The van der Waals surface area contributed by atoms with Crippen molar-refractivity contribution in [3.05, 3.63) is 29.8 Å². The highest BCUT2D eigenvalue weighted by atomic mass is 32.2. The van der Waals surface area contributed by atoms with Crippen LogP contribution in [0.15, 0.2) is 29.2 Å². The SMILES string of the molecule is CCNC(c1ccc(SC)cc1)C(C)C. The number of nitrogens with one attached hydrogen (secondary N) is 1. The Hall–Kier alpha value is -0.470. The summed E-state index contributed by atoms with van der Waals surface area (Å²) in [6.07, 6.45) is 2.11. The van der Waals surface area contributed by atoms with Crippen molar-refractivity contribution in [2.45, 2.75) is 31.7 Å². The third kappa shape index (κ3) is 3.54. The summed E-state index contributed by atoms with van der Waals surface area (Å²) in [5.74, 6) is 0.630. The van der Waals surface area contributed by atoms with Crippen LogP contribution in [0.3, 0.4) is 0 Å². The minimum absolute atomic E-state index is 0.478. The number of thioether (sulfide) groups is 1. The van der Waals surface area contributed by atoms with Gasteiger partial charge in [-0.05, 0) is 36.4 Å². The first kappa shape index (κ1) is 12.6. The summed E-state index contributed by atoms with van der Waals surface area (Å²) in [5, 5.41) is 3.53. The first-order valence-corrected chi connectivity index (χ1v) is 6.78. The normalized spacial score (nSPS) is 13.1. The highest BCUT2D eigenvalue weighted by molar-refractivity contribution is 7.98. The van der Waals surface area contributed by atoms with E-state index < -0.39 is 0 Å². The van der Waals surface area contributed by atoms with Gasteiger partial charge in [-0.15, -0.1) is 11.8 Å². The summed E-state index contributed by atoms with van der Waals surface area (Å²) >= 11 is 1.79. The monoisotopic (exact) mass is 223 g/mol. The van der Waals surface area contributed by atoms with Crippen molar-refractivity contribution in [2.75, 3.05) is 12.8 Å². The second-order valence-corrected chi connectivity index (χ2v) is 4.93. The van der Waals surface area contributed by atoms with Gasteiger partial charge in [0.25, 0.3) is 0 Å². The van der Waals surface area contributed by atoms with Crippen molar-refractivity contribution in [1.29, 1.82) is 0 Å². The van der Waals surface area contributed by atoms with Crippen LogP contribution in [0, 0.1) is 5.92 Å². The summed E-state index contributed by atoms with van der Waals surface area (Å²) < 4.78 is 0. The predicted molar refractivity (Wildman–Crippen MR) is 69.5 cm³/mol. The van der Waals surface area contributed by atoms with E-state index in [2.05, 4.69) is 56.6 Å². The zero-order chi connectivity index (χ0) is 11.3. The molecule has 0 amide bonds. The molecule has 0 spiro atoms. The van der Waals surface area contributed by atoms with Gasteiger partial charge in [0.15, 0.2) is 0 Å². The smallest absolute Gasteiger partial charge is 0.0343 e. The van der Waals surface area contributed by atoms with Crippen molar-refractivity contribution >= 4 is 11.8 Å². The molecular weight excluding hydrogens is 202 g/mol. The van der Waals surface area contributed by atoms with Gasteiger partial charge in [0.1, 0.15) is 0 Å². The zero-order valence-electron chi connectivity index (χ0n) is 10.1. The lowest BCUT2D eigenvalue weighted by Crippen LogP contribution is -2.25. The summed E-state index contributed by atoms with van der Waals surface area (Å²) in [5.41, 5.74) is 1.39. The topological polar surface area (TPSA) is 12.0 Å². The van der Waals surface area contributed by atoms with Gasteiger partial charge < -0.3 is 5.32 Å². The van der Waals surface area contributed by atoms with Crippen LogP contribution in [0.4, 0.5) is 0 Å². The quantitative estimate of drug-likeness (QED) is 0.764. The van der Waals surface area contributed by atoms with Crippen LogP contribution in [0.1, 0.15) is 32.4 Å². The molecule has 84 valence electrons. The molecule has 0 aromatic heterocycles. The highest BCUT2D eigenvalue weighted by Crippen LogP contribution is 2.23. The van der Waals surface area contributed by atoms with Crippen molar-refractivity contribution in [3.8, 4) is 0 Å². The summed E-state index contributed by atoms with van der Waals surface area (Å²) in [4.78, 5) is 1.33. The van der Waals surface area contributed by atoms with Gasteiger partial charge in [0.05, 0.1) is 0 Å². The van der Waals surface area contributed by atoms with Crippen LogP contribution in [-0.4, -0.2) is 12.8 Å². The van der Waals surface area contributed by atoms with E-state index in [0.717, 1.165) is 6.54 Å². The van der Waals surface area contributed by atoms with Crippen LogP contribution in [-0.2, 0) is 0 Å². The molecule has 0 saturated heterocycles. The van der Waals surface area contributed by atoms with E-state index in [1.165, 1.54) is 10.5 Å². The first-order chi connectivity index (χ1) is 7.19. The summed E-state index contributed by atoms with van der Waals surface area (Å²) in [6.45, 7) is 7.70. The van der Waals surface area contributed by atoms with Gasteiger partial charge in [-0.2, -0.15) is 0 Å².